The molecule has 0 bridgehead atoms. The summed E-state index contributed by atoms with van der Waals surface area (Å²) < 4.78 is 6.23. The molecule has 3 heteroatoms. The number of hydrogen-bond donors (Lipinski definition) is 0. The third-order valence-corrected chi connectivity index (χ3v) is 10.6. The maximum atomic E-state index is 12.2. The smallest absolute Gasteiger partial charge is 0.331 e. The predicted molar refractivity (Wildman–Crippen MR) is 109 cm³/mol. The number of carbonyl (C=O) groups excluding carboxylic acids is 2. The van der Waals surface area contributed by atoms with Gasteiger partial charge in [-0.15, -0.1) is 0 Å². The van der Waals surface area contributed by atoms with Crippen LogP contribution in [0.1, 0.15) is 71.1 Å². The van der Waals surface area contributed by atoms with Crippen molar-refractivity contribution in [1.82, 2.24) is 0 Å². The SMILES string of the molecule is CC[C@]12CC[C@@H]3C4=C(CC(=O)CC4)C[C@@H](C4CC4)[C@H]3[C@@H]1[C@@H]1C[C@@H]1[C@@]21C=CC(=O)O1. The first-order valence-corrected chi connectivity index (χ1v) is 12.2. The van der Waals surface area contributed by atoms with E-state index in [1.54, 1.807) is 17.2 Å². The maximum absolute atomic E-state index is 12.2. The minimum absolute atomic E-state index is 0.107. The van der Waals surface area contributed by atoms with Crippen LogP contribution in [0.4, 0.5) is 0 Å². The fourth-order valence-electron chi connectivity index (χ4n) is 9.54. The van der Waals surface area contributed by atoms with Crippen molar-refractivity contribution >= 4 is 11.8 Å². The Morgan fingerprint density at radius 3 is 2.72 bits per heavy atom. The number of rotatable bonds is 2. The Labute approximate surface area is 173 Å². The molecule has 8 atom stereocenters. The van der Waals surface area contributed by atoms with E-state index in [1.807, 2.05) is 0 Å². The van der Waals surface area contributed by atoms with Crippen molar-refractivity contribution in [3.63, 3.8) is 0 Å². The molecule has 6 aliphatic carbocycles. The summed E-state index contributed by atoms with van der Waals surface area (Å²) in [6.07, 6.45) is 15.3. The maximum Gasteiger partial charge on any atom is 0.331 e. The van der Waals surface area contributed by atoms with Crippen LogP contribution >= 0.6 is 0 Å². The van der Waals surface area contributed by atoms with E-state index in [9.17, 15) is 9.59 Å². The second-order valence-corrected chi connectivity index (χ2v) is 11.4. The van der Waals surface area contributed by atoms with Crippen molar-refractivity contribution in [3.05, 3.63) is 23.3 Å². The minimum atomic E-state index is -0.301. The van der Waals surface area contributed by atoms with Crippen molar-refractivity contribution in [2.45, 2.75) is 76.7 Å². The van der Waals surface area contributed by atoms with Crippen molar-refractivity contribution in [3.8, 4) is 0 Å². The summed E-state index contributed by atoms with van der Waals surface area (Å²) in [6.45, 7) is 2.36. The van der Waals surface area contributed by atoms with E-state index < -0.39 is 0 Å². The van der Waals surface area contributed by atoms with Gasteiger partial charge in [-0.05, 0) is 93.0 Å². The monoisotopic (exact) mass is 392 g/mol. The zero-order valence-corrected chi connectivity index (χ0v) is 17.5. The van der Waals surface area contributed by atoms with Crippen molar-refractivity contribution in [2.75, 3.05) is 0 Å². The fraction of sp³-hybridized carbons (Fsp3) is 0.769. The Morgan fingerprint density at radius 2 is 2.00 bits per heavy atom. The van der Waals surface area contributed by atoms with Gasteiger partial charge in [0.15, 0.2) is 0 Å². The summed E-state index contributed by atoms with van der Waals surface area (Å²) in [4.78, 5) is 24.5. The van der Waals surface area contributed by atoms with Gasteiger partial charge < -0.3 is 4.74 Å². The van der Waals surface area contributed by atoms with E-state index in [0.717, 1.165) is 49.4 Å². The Balaban J connectivity index is 1.35. The van der Waals surface area contributed by atoms with Crippen molar-refractivity contribution in [2.24, 2.45) is 46.8 Å². The summed E-state index contributed by atoms with van der Waals surface area (Å²) in [5.74, 6) is 5.54. The van der Waals surface area contributed by atoms with Gasteiger partial charge in [0.25, 0.3) is 0 Å². The lowest BCUT2D eigenvalue weighted by atomic mass is 9.47. The molecular formula is C26H32O3. The van der Waals surface area contributed by atoms with E-state index in [1.165, 1.54) is 38.5 Å². The van der Waals surface area contributed by atoms with Gasteiger partial charge in [0.2, 0.25) is 0 Å². The molecule has 0 aromatic carbocycles. The molecule has 0 unspecified atom stereocenters. The number of fused-ring (bicyclic) bond motifs is 8. The number of ketones is 1. The number of carbonyl (C=O) groups is 2. The molecular weight excluding hydrogens is 360 g/mol. The van der Waals surface area contributed by atoms with E-state index in [2.05, 4.69) is 13.0 Å². The lowest BCUT2D eigenvalue weighted by molar-refractivity contribution is -0.171. The van der Waals surface area contributed by atoms with E-state index in [0.29, 0.717) is 23.5 Å². The van der Waals surface area contributed by atoms with E-state index in [-0.39, 0.29) is 17.0 Å². The highest BCUT2D eigenvalue weighted by Crippen LogP contribution is 2.79. The number of esters is 1. The summed E-state index contributed by atoms with van der Waals surface area (Å²) in [7, 11) is 0. The highest BCUT2D eigenvalue weighted by molar-refractivity contribution is 5.86. The fourth-order valence-corrected chi connectivity index (χ4v) is 9.54. The second kappa shape index (κ2) is 5.45. The second-order valence-electron chi connectivity index (χ2n) is 11.4. The molecule has 1 spiro atoms. The molecule has 0 aromatic rings. The molecule has 0 amide bonds. The molecule has 154 valence electrons. The van der Waals surface area contributed by atoms with Gasteiger partial charge in [-0.25, -0.2) is 4.79 Å². The predicted octanol–water partition coefficient (Wildman–Crippen LogP) is 5.01. The van der Waals surface area contributed by atoms with Crippen molar-refractivity contribution in [1.29, 1.82) is 0 Å². The van der Waals surface area contributed by atoms with Gasteiger partial charge in [-0.1, -0.05) is 18.1 Å². The van der Waals surface area contributed by atoms with Crippen LogP contribution < -0.4 is 0 Å². The molecule has 7 aliphatic rings. The van der Waals surface area contributed by atoms with Gasteiger partial charge in [-0.2, -0.15) is 0 Å². The molecule has 3 nitrogen and oxygen atoms in total. The Hall–Kier alpha value is -1.38. The molecule has 1 heterocycles. The molecule has 7 rings (SSSR count). The summed E-state index contributed by atoms with van der Waals surface area (Å²) >= 11 is 0. The zero-order chi connectivity index (χ0) is 19.5. The quantitative estimate of drug-likeness (QED) is 0.490. The largest absolute Gasteiger partial charge is 0.451 e. The van der Waals surface area contributed by atoms with Gasteiger partial charge in [0.05, 0.1) is 0 Å². The van der Waals surface area contributed by atoms with E-state index >= 15 is 0 Å². The highest BCUT2D eigenvalue weighted by atomic mass is 16.6. The van der Waals surface area contributed by atoms with Gasteiger partial charge in [-0.3, -0.25) is 4.79 Å². The molecule has 0 aromatic heterocycles. The first-order chi connectivity index (χ1) is 14.1. The van der Waals surface area contributed by atoms with Gasteiger partial charge in [0, 0.05) is 30.3 Å². The number of hydrogen-bond acceptors (Lipinski definition) is 3. The summed E-state index contributed by atoms with van der Waals surface area (Å²) in [6, 6.07) is 0. The molecule has 0 radical (unpaired) electrons. The minimum Gasteiger partial charge on any atom is -0.451 e. The Bertz CT molecular complexity index is 878. The van der Waals surface area contributed by atoms with Crippen LogP contribution in [0.25, 0.3) is 0 Å². The third kappa shape index (κ3) is 2.01. The first kappa shape index (κ1) is 17.3. The van der Waals surface area contributed by atoms with Crippen LogP contribution in [0, 0.1) is 46.8 Å². The molecule has 4 fully saturated rings. The lowest BCUT2D eigenvalue weighted by Gasteiger charge is -2.58. The molecule has 4 saturated carbocycles. The number of ether oxygens (including phenoxy) is 1. The topological polar surface area (TPSA) is 43.4 Å². The number of allylic oxidation sites excluding steroid dienone is 2. The average Bonchev–Trinajstić information content (AvgIpc) is 3.64. The molecule has 1 aliphatic heterocycles. The van der Waals surface area contributed by atoms with Gasteiger partial charge in [0.1, 0.15) is 11.4 Å². The van der Waals surface area contributed by atoms with Crippen LogP contribution in [-0.4, -0.2) is 17.4 Å². The van der Waals surface area contributed by atoms with Crippen molar-refractivity contribution < 1.29 is 14.3 Å². The normalized spacial score (nSPS) is 52.2. The molecule has 0 N–H and O–H groups in total. The zero-order valence-electron chi connectivity index (χ0n) is 17.5. The lowest BCUT2D eigenvalue weighted by Crippen LogP contribution is -2.57. The standard InChI is InChI=1S/C26H32O3/c1-2-25-9-7-18-17-6-5-16(27)11-15(17)12-19(14-3-4-14)23(18)24(25)20-13-21(20)26(25)10-8-22(28)29-26/h8,10,14,18-21,23-24H,2-7,9,11-13H2,1H3/t18-,19+,20-,21+,23+,24+,25+,26+/m1/s1. The van der Waals surface area contributed by atoms with Crippen LogP contribution in [0.5, 0.6) is 0 Å². The molecule has 29 heavy (non-hydrogen) atoms. The van der Waals surface area contributed by atoms with E-state index in [4.69, 9.17) is 4.74 Å². The number of Topliss-reactive ketones (excluding diaryl/α,β-unsaturated/α-hetero) is 1. The van der Waals surface area contributed by atoms with Crippen LogP contribution in [0.2, 0.25) is 0 Å². The highest BCUT2D eigenvalue weighted by Gasteiger charge is 2.79. The average molecular weight is 393 g/mol. The van der Waals surface area contributed by atoms with Gasteiger partial charge >= 0.3 is 5.97 Å². The van der Waals surface area contributed by atoms with Crippen LogP contribution in [0.15, 0.2) is 23.3 Å². The van der Waals surface area contributed by atoms with Crippen LogP contribution in [0.3, 0.4) is 0 Å². The third-order valence-electron chi connectivity index (χ3n) is 10.6. The summed E-state index contributed by atoms with van der Waals surface area (Å²) in [5.41, 5.74) is 3.11. The summed E-state index contributed by atoms with van der Waals surface area (Å²) in [5, 5.41) is 0. The molecule has 0 saturated heterocycles. The van der Waals surface area contributed by atoms with Crippen LogP contribution in [-0.2, 0) is 14.3 Å². The Kier molecular flexibility index (Phi) is 3.25. The Morgan fingerprint density at radius 1 is 1.14 bits per heavy atom. The first-order valence-electron chi connectivity index (χ1n) is 12.2.